The zero-order valence-electron chi connectivity index (χ0n) is 20.9. The minimum atomic E-state index is -0.453. The van der Waals surface area contributed by atoms with Crippen molar-refractivity contribution >= 4 is 35.2 Å². The average molecular weight is 524 g/mol. The van der Waals surface area contributed by atoms with Crippen LogP contribution in [0.4, 0.5) is 5.69 Å². The number of benzene rings is 2. The molecule has 0 fully saturated rings. The summed E-state index contributed by atoms with van der Waals surface area (Å²) in [6, 6.07) is 12.9. The fourth-order valence-electron chi connectivity index (χ4n) is 3.38. The monoisotopic (exact) mass is 523 g/mol. The van der Waals surface area contributed by atoms with Crippen molar-refractivity contribution < 1.29 is 23.9 Å². The molecular formula is C26H29N5O5S. The summed E-state index contributed by atoms with van der Waals surface area (Å²) in [5.41, 5.74) is 1.33. The molecule has 2 aromatic carbocycles. The smallest absolute Gasteiger partial charge is 0.338 e. The lowest BCUT2D eigenvalue weighted by Gasteiger charge is -2.15. The summed E-state index contributed by atoms with van der Waals surface area (Å²) in [6.45, 7) is 7.99. The van der Waals surface area contributed by atoms with Crippen LogP contribution in [0.1, 0.15) is 46.4 Å². The first-order valence-electron chi connectivity index (χ1n) is 11.5. The van der Waals surface area contributed by atoms with Crippen molar-refractivity contribution in [1.29, 1.82) is 0 Å². The van der Waals surface area contributed by atoms with Crippen LogP contribution in [0.5, 0.6) is 5.75 Å². The van der Waals surface area contributed by atoms with Crippen molar-refractivity contribution in [2.75, 3.05) is 24.8 Å². The number of thioether (sulfide) groups is 1. The molecule has 3 aromatic rings. The van der Waals surface area contributed by atoms with Crippen LogP contribution in [0, 0.1) is 0 Å². The SMILES string of the molecule is C=CCn1c(SCC(=O)Nc2cccc(C(=O)OCC)c2)nnc1[C@@H](C)NC(=O)c1ccc(OC)cc1. The molecule has 0 aliphatic carbocycles. The molecule has 0 aliphatic rings. The number of aromatic nitrogens is 3. The van der Waals surface area contributed by atoms with E-state index < -0.39 is 12.0 Å². The number of ether oxygens (including phenoxy) is 2. The van der Waals surface area contributed by atoms with E-state index in [9.17, 15) is 14.4 Å². The normalized spacial score (nSPS) is 11.3. The van der Waals surface area contributed by atoms with Gasteiger partial charge in [0, 0.05) is 17.8 Å². The molecule has 0 saturated heterocycles. The Bertz CT molecular complexity index is 1260. The molecule has 10 nitrogen and oxygen atoms in total. The van der Waals surface area contributed by atoms with Gasteiger partial charge < -0.3 is 24.7 Å². The summed E-state index contributed by atoms with van der Waals surface area (Å²) in [5, 5.41) is 14.7. The van der Waals surface area contributed by atoms with Gasteiger partial charge in [-0.3, -0.25) is 9.59 Å². The highest BCUT2D eigenvalue weighted by molar-refractivity contribution is 7.99. The van der Waals surface area contributed by atoms with Gasteiger partial charge in [-0.2, -0.15) is 0 Å². The number of carbonyl (C=O) groups is 3. The Hall–Kier alpha value is -4.12. The van der Waals surface area contributed by atoms with Crippen molar-refractivity contribution in [3.63, 3.8) is 0 Å². The number of nitrogens with zero attached hydrogens (tertiary/aromatic N) is 3. The average Bonchev–Trinajstić information content (AvgIpc) is 3.30. The third-order valence-electron chi connectivity index (χ3n) is 5.13. The van der Waals surface area contributed by atoms with Crippen molar-refractivity contribution in [2.45, 2.75) is 31.6 Å². The lowest BCUT2D eigenvalue weighted by Crippen LogP contribution is -2.28. The zero-order valence-corrected chi connectivity index (χ0v) is 21.7. The lowest BCUT2D eigenvalue weighted by molar-refractivity contribution is -0.113. The zero-order chi connectivity index (χ0) is 26.8. The number of hydrogen-bond acceptors (Lipinski definition) is 8. The lowest BCUT2D eigenvalue weighted by atomic mass is 10.2. The third kappa shape index (κ3) is 7.43. The van der Waals surface area contributed by atoms with Crippen LogP contribution in [0.3, 0.4) is 0 Å². The minimum Gasteiger partial charge on any atom is -0.497 e. The molecule has 2 amide bonds. The van der Waals surface area contributed by atoms with Gasteiger partial charge in [0.25, 0.3) is 5.91 Å². The van der Waals surface area contributed by atoms with Gasteiger partial charge in [0.15, 0.2) is 11.0 Å². The second-order valence-electron chi connectivity index (χ2n) is 7.80. The molecule has 3 rings (SSSR count). The number of esters is 1. The summed E-state index contributed by atoms with van der Waals surface area (Å²) >= 11 is 1.20. The van der Waals surface area contributed by atoms with E-state index in [0.717, 1.165) is 0 Å². The van der Waals surface area contributed by atoms with Crippen molar-refractivity contribution in [3.8, 4) is 5.75 Å². The summed E-state index contributed by atoms with van der Waals surface area (Å²) in [5.74, 6) is 0.264. The molecule has 0 aliphatic heterocycles. The summed E-state index contributed by atoms with van der Waals surface area (Å²) in [6.07, 6.45) is 1.69. The van der Waals surface area contributed by atoms with Crippen LogP contribution in [0.15, 0.2) is 66.3 Å². The number of rotatable bonds is 12. The number of nitrogens with one attached hydrogen (secondary N) is 2. The Morgan fingerprint density at radius 1 is 1.14 bits per heavy atom. The van der Waals surface area contributed by atoms with Gasteiger partial charge in [0.1, 0.15) is 5.75 Å². The Labute approximate surface area is 219 Å². The van der Waals surface area contributed by atoms with Gasteiger partial charge in [-0.25, -0.2) is 4.79 Å². The van der Waals surface area contributed by atoms with Crippen molar-refractivity contribution in [2.24, 2.45) is 0 Å². The van der Waals surface area contributed by atoms with E-state index in [0.29, 0.717) is 40.1 Å². The molecule has 2 N–H and O–H groups in total. The summed E-state index contributed by atoms with van der Waals surface area (Å²) in [4.78, 5) is 37.2. The van der Waals surface area contributed by atoms with Gasteiger partial charge >= 0.3 is 5.97 Å². The van der Waals surface area contributed by atoms with Crippen LogP contribution in [0.25, 0.3) is 0 Å². The maximum Gasteiger partial charge on any atom is 0.338 e. The van der Waals surface area contributed by atoms with Crippen molar-refractivity contribution in [3.05, 3.63) is 78.1 Å². The predicted octanol–water partition coefficient (Wildman–Crippen LogP) is 3.87. The van der Waals surface area contributed by atoms with Crippen LogP contribution in [-0.2, 0) is 16.1 Å². The maximum absolute atomic E-state index is 12.7. The summed E-state index contributed by atoms with van der Waals surface area (Å²) < 4.78 is 11.9. The number of methoxy groups -OCH3 is 1. The topological polar surface area (TPSA) is 124 Å². The predicted molar refractivity (Wildman–Crippen MR) is 141 cm³/mol. The standard InChI is InChI=1S/C26H29N5O5S/c1-5-14-31-23(17(3)27-24(33)18-10-12-21(35-4)13-11-18)29-30-26(31)37-16-22(32)28-20-9-7-8-19(15-20)25(34)36-6-2/h5,7-13,15,17H,1,6,14,16H2,2-4H3,(H,27,33)(H,28,32)/t17-/m1/s1. The van der Waals surface area contributed by atoms with E-state index in [1.54, 1.807) is 73.2 Å². The van der Waals surface area contributed by atoms with Crippen LogP contribution >= 0.6 is 11.8 Å². The van der Waals surface area contributed by atoms with E-state index in [4.69, 9.17) is 9.47 Å². The van der Waals surface area contributed by atoms with E-state index in [1.807, 2.05) is 6.92 Å². The number of amides is 2. The molecule has 1 aromatic heterocycles. The molecule has 37 heavy (non-hydrogen) atoms. The Morgan fingerprint density at radius 2 is 1.89 bits per heavy atom. The molecule has 1 atom stereocenters. The molecule has 194 valence electrons. The fraction of sp³-hybridized carbons (Fsp3) is 0.269. The maximum atomic E-state index is 12.7. The first-order valence-corrected chi connectivity index (χ1v) is 12.5. The van der Waals surface area contributed by atoms with Crippen LogP contribution < -0.4 is 15.4 Å². The Kier molecular flexibility index (Phi) is 9.84. The number of carbonyl (C=O) groups excluding carboxylic acids is 3. The second kappa shape index (κ2) is 13.3. The fourth-order valence-corrected chi connectivity index (χ4v) is 4.14. The summed E-state index contributed by atoms with van der Waals surface area (Å²) in [7, 11) is 1.56. The molecule has 1 heterocycles. The number of hydrogen-bond donors (Lipinski definition) is 2. The van der Waals surface area contributed by atoms with E-state index in [1.165, 1.54) is 11.8 Å². The molecule has 11 heteroatoms. The molecule has 0 unspecified atom stereocenters. The first-order chi connectivity index (χ1) is 17.9. The van der Waals surface area contributed by atoms with E-state index in [-0.39, 0.29) is 24.2 Å². The second-order valence-corrected chi connectivity index (χ2v) is 8.74. The quantitative estimate of drug-likeness (QED) is 0.208. The molecule has 0 spiro atoms. The molecule has 0 bridgehead atoms. The number of anilines is 1. The molecule has 0 radical (unpaired) electrons. The van der Waals surface area contributed by atoms with E-state index >= 15 is 0 Å². The Morgan fingerprint density at radius 3 is 2.57 bits per heavy atom. The van der Waals surface area contributed by atoms with Crippen LogP contribution in [-0.4, -0.2) is 52.0 Å². The Balaban J connectivity index is 1.63. The van der Waals surface area contributed by atoms with Crippen LogP contribution in [0.2, 0.25) is 0 Å². The largest absolute Gasteiger partial charge is 0.497 e. The van der Waals surface area contributed by atoms with Gasteiger partial charge in [-0.05, 0) is 56.3 Å². The van der Waals surface area contributed by atoms with Crippen molar-refractivity contribution in [1.82, 2.24) is 20.1 Å². The first kappa shape index (κ1) is 27.5. The third-order valence-corrected chi connectivity index (χ3v) is 6.10. The van der Waals surface area contributed by atoms with E-state index in [2.05, 4.69) is 27.4 Å². The van der Waals surface area contributed by atoms with Gasteiger partial charge in [0.05, 0.1) is 31.1 Å². The highest BCUT2D eigenvalue weighted by Gasteiger charge is 2.20. The minimum absolute atomic E-state index is 0.0610. The van der Waals surface area contributed by atoms with Gasteiger partial charge in [0.2, 0.25) is 5.91 Å². The van der Waals surface area contributed by atoms with Gasteiger partial charge in [-0.1, -0.05) is 23.9 Å². The molecule has 0 saturated carbocycles. The molecular weight excluding hydrogens is 494 g/mol. The van der Waals surface area contributed by atoms with Gasteiger partial charge in [-0.15, -0.1) is 16.8 Å². The highest BCUT2D eigenvalue weighted by atomic mass is 32.2. The highest BCUT2D eigenvalue weighted by Crippen LogP contribution is 2.22. The number of allylic oxidation sites excluding steroid dienone is 1.